The van der Waals surface area contributed by atoms with Crippen molar-refractivity contribution in [3.63, 3.8) is 0 Å². The van der Waals surface area contributed by atoms with E-state index in [4.69, 9.17) is 0 Å². The number of thiophene rings is 1. The first kappa shape index (κ1) is 9.23. The molecule has 1 aromatic heterocycles. The van der Waals surface area contributed by atoms with Crippen LogP contribution in [0.2, 0.25) is 0 Å². The van der Waals surface area contributed by atoms with E-state index in [1.54, 1.807) is 11.3 Å². The van der Waals surface area contributed by atoms with E-state index >= 15 is 0 Å². The van der Waals surface area contributed by atoms with Crippen molar-refractivity contribution in [3.8, 4) is 0 Å². The van der Waals surface area contributed by atoms with Crippen LogP contribution in [-0.4, -0.2) is 5.11 Å². The lowest BCUT2D eigenvalue weighted by Crippen LogP contribution is -1.91. The second-order valence-corrected chi connectivity index (χ2v) is 4.64. The minimum Gasteiger partial charge on any atom is -0.388 e. The maximum absolute atomic E-state index is 9.50. The molecule has 1 unspecified atom stereocenters. The molecule has 0 aliphatic heterocycles. The topological polar surface area (TPSA) is 20.2 Å². The Morgan fingerprint density at radius 3 is 2.73 bits per heavy atom. The smallest absolute Gasteiger partial charge is 0.0890 e. The summed E-state index contributed by atoms with van der Waals surface area (Å²) in [6.45, 7) is 4.02. The molecule has 0 aliphatic rings. The van der Waals surface area contributed by atoms with E-state index < -0.39 is 0 Å². The first-order chi connectivity index (χ1) is 5.15. The Kier molecular flexibility index (Phi) is 3.10. The third-order valence-corrected chi connectivity index (χ3v) is 3.60. The number of aliphatic hydroxyl groups excluding tert-OH is 1. The number of hydrogen-bond acceptors (Lipinski definition) is 2. The number of aliphatic hydroxyl groups is 1. The number of rotatable bonds is 2. The molecule has 1 rings (SSSR count). The first-order valence-corrected chi connectivity index (χ1v) is 5.20. The Morgan fingerprint density at radius 2 is 2.36 bits per heavy atom. The van der Waals surface area contributed by atoms with Gasteiger partial charge in [-0.3, -0.25) is 0 Å². The summed E-state index contributed by atoms with van der Waals surface area (Å²) in [5, 5.41) is 9.50. The predicted molar refractivity (Wildman–Crippen MR) is 52.0 cm³/mol. The van der Waals surface area contributed by atoms with Crippen LogP contribution in [0.15, 0.2) is 10.5 Å². The van der Waals surface area contributed by atoms with Gasteiger partial charge in [0.05, 0.1) is 6.10 Å². The van der Waals surface area contributed by atoms with Crippen LogP contribution in [0.25, 0.3) is 0 Å². The number of hydrogen-bond donors (Lipinski definition) is 1. The van der Waals surface area contributed by atoms with Gasteiger partial charge in [-0.05, 0) is 35.3 Å². The quantitative estimate of drug-likeness (QED) is 0.834. The highest BCUT2D eigenvalue weighted by Gasteiger charge is 2.11. The highest BCUT2D eigenvalue weighted by Crippen LogP contribution is 2.33. The maximum atomic E-state index is 9.50. The van der Waals surface area contributed by atoms with Crippen molar-refractivity contribution in [2.45, 2.75) is 26.4 Å². The molecule has 0 spiro atoms. The Bertz CT molecular complexity index is 244. The molecule has 0 saturated carbocycles. The summed E-state index contributed by atoms with van der Waals surface area (Å²) in [6, 6.07) is 2.04. The zero-order valence-electron chi connectivity index (χ0n) is 6.60. The maximum Gasteiger partial charge on any atom is 0.0890 e. The van der Waals surface area contributed by atoms with Crippen LogP contribution >= 0.6 is 27.3 Å². The van der Waals surface area contributed by atoms with E-state index in [2.05, 4.69) is 15.9 Å². The lowest BCUT2D eigenvalue weighted by atomic mass is 10.2. The van der Waals surface area contributed by atoms with E-state index in [-0.39, 0.29) is 6.10 Å². The van der Waals surface area contributed by atoms with Gasteiger partial charge in [-0.2, -0.15) is 0 Å². The van der Waals surface area contributed by atoms with Gasteiger partial charge in [0, 0.05) is 14.2 Å². The van der Waals surface area contributed by atoms with Gasteiger partial charge in [0.2, 0.25) is 0 Å². The predicted octanol–water partition coefficient (Wildman–Crippen LogP) is 3.26. The summed E-state index contributed by atoms with van der Waals surface area (Å²) in [5.74, 6) is 0. The van der Waals surface area contributed by atoms with Crippen molar-refractivity contribution >= 4 is 27.3 Å². The van der Waals surface area contributed by atoms with Crippen molar-refractivity contribution in [3.05, 3.63) is 20.3 Å². The highest BCUT2D eigenvalue weighted by molar-refractivity contribution is 9.10. The molecular weight excluding hydrogens is 224 g/mol. The van der Waals surface area contributed by atoms with Crippen molar-refractivity contribution < 1.29 is 5.11 Å². The van der Waals surface area contributed by atoms with E-state index in [9.17, 15) is 5.11 Å². The molecule has 0 saturated heterocycles. The molecule has 1 N–H and O–H groups in total. The third-order valence-electron chi connectivity index (χ3n) is 1.53. The fraction of sp³-hybridized carbons (Fsp3) is 0.500. The number of halogens is 1. The highest BCUT2D eigenvalue weighted by atomic mass is 79.9. The molecule has 0 bridgehead atoms. The van der Waals surface area contributed by atoms with Crippen LogP contribution < -0.4 is 0 Å². The third kappa shape index (κ3) is 2.04. The van der Waals surface area contributed by atoms with E-state index in [1.165, 1.54) is 4.88 Å². The largest absolute Gasteiger partial charge is 0.388 e. The van der Waals surface area contributed by atoms with Crippen molar-refractivity contribution in [1.82, 2.24) is 0 Å². The fourth-order valence-electron chi connectivity index (χ4n) is 0.914. The zero-order chi connectivity index (χ0) is 8.43. The van der Waals surface area contributed by atoms with Crippen molar-refractivity contribution in [2.75, 3.05) is 0 Å². The molecule has 0 amide bonds. The molecular formula is C8H11BrOS. The second-order valence-electron chi connectivity index (χ2n) is 2.49. The standard InChI is InChI=1S/C8H11BrOS/c1-3-7(10)8-6(9)4-5(2)11-8/h4,7,10H,3H2,1-2H3. The summed E-state index contributed by atoms with van der Waals surface area (Å²) < 4.78 is 1.04. The minimum absolute atomic E-state index is 0.303. The summed E-state index contributed by atoms with van der Waals surface area (Å²) in [5.41, 5.74) is 0. The zero-order valence-corrected chi connectivity index (χ0v) is 9.00. The van der Waals surface area contributed by atoms with Crippen molar-refractivity contribution in [2.24, 2.45) is 0 Å². The van der Waals surface area contributed by atoms with Gasteiger partial charge in [-0.15, -0.1) is 11.3 Å². The molecule has 3 heteroatoms. The molecule has 0 aromatic carbocycles. The van der Waals surface area contributed by atoms with E-state index in [0.717, 1.165) is 15.8 Å². The summed E-state index contributed by atoms with van der Waals surface area (Å²) >= 11 is 5.06. The average Bonchev–Trinajstić information content (AvgIpc) is 2.28. The van der Waals surface area contributed by atoms with Crippen LogP contribution in [0.1, 0.15) is 29.2 Å². The minimum atomic E-state index is -0.303. The SMILES string of the molecule is CCC(O)c1sc(C)cc1Br. The fourth-order valence-corrected chi connectivity index (χ4v) is 2.90. The van der Waals surface area contributed by atoms with Crippen molar-refractivity contribution in [1.29, 1.82) is 0 Å². The van der Waals surface area contributed by atoms with Gasteiger partial charge in [0.25, 0.3) is 0 Å². The van der Waals surface area contributed by atoms with Gasteiger partial charge in [-0.1, -0.05) is 6.92 Å². The van der Waals surface area contributed by atoms with Gasteiger partial charge < -0.3 is 5.11 Å². The summed E-state index contributed by atoms with van der Waals surface area (Å²) in [7, 11) is 0. The van der Waals surface area contributed by atoms with Gasteiger partial charge >= 0.3 is 0 Å². The van der Waals surface area contributed by atoms with Crippen LogP contribution in [0.5, 0.6) is 0 Å². The van der Waals surface area contributed by atoms with Crippen LogP contribution in [0, 0.1) is 6.92 Å². The first-order valence-electron chi connectivity index (χ1n) is 3.59. The molecule has 1 heterocycles. The van der Waals surface area contributed by atoms with Gasteiger partial charge in [0.1, 0.15) is 0 Å². The average molecular weight is 235 g/mol. The second kappa shape index (κ2) is 3.70. The molecule has 62 valence electrons. The van der Waals surface area contributed by atoms with Crippen LogP contribution in [0.4, 0.5) is 0 Å². The van der Waals surface area contributed by atoms with Gasteiger partial charge in [0.15, 0.2) is 0 Å². The molecule has 0 radical (unpaired) electrons. The Labute approximate surface area is 79.2 Å². The Balaban J connectivity index is 2.93. The molecule has 1 nitrogen and oxygen atoms in total. The molecule has 11 heavy (non-hydrogen) atoms. The molecule has 1 atom stereocenters. The van der Waals surface area contributed by atoms with Gasteiger partial charge in [-0.25, -0.2) is 0 Å². The van der Waals surface area contributed by atoms with E-state index in [0.29, 0.717) is 0 Å². The molecule has 1 aromatic rings. The number of aryl methyl sites for hydroxylation is 1. The normalized spacial score (nSPS) is 13.5. The monoisotopic (exact) mass is 234 g/mol. The van der Waals surface area contributed by atoms with Crippen LogP contribution in [0.3, 0.4) is 0 Å². The summed E-state index contributed by atoms with van der Waals surface area (Å²) in [4.78, 5) is 2.28. The Morgan fingerprint density at radius 1 is 1.73 bits per heavy atom. The summed E-state index contributed by atoms with van der Waals surface area (Å²) in [6.07, 6.45) is 0.474. The molecule has 0 aliphatic carbocycles. The lowest BCUT2D eigenvalue weighted by Gasteiger charge is -2.04. The van der Waals surface area contributed by atoms with E-state index in [1.807, 2.05) is 19.9 Å². The molecule has 0 fully saturated rings. The lowest BCUT2D eigenvalue weighted by molar-refractivity contribution is 0.177. The Hall–Kier alpha value is 0.140. The van der Waals surface area contributed by atoms with Crippen LogP contribution in [-0.2, 0) is 0 Å².